The van der Waals surface area contributed by atoms with Gasteiger partial charge in [-0.3, -0.25) is 0 Å². The van der Waals surface area contributed by atoms with Crippen molar-refractivity contribution in [1.29, 1.82) is 0 Å². The van der Waals surface area contributed by atoms with E-state index in [2.05, 4.69) is 382 Å². The number of benzene rings is 20. The molecule has 12 heteroatoms. The topological polar surface area (TPSA) is 123 Å². The molecule has 0 N–H and O–H groups in total. The Morgan fingerprint density at radius 2 is 0.414 bits per heavy atom. The van der Waals surface area contributed by atoms with Crippen LogP contribution in [0.15, 0.2) is 458 Å². The smallest absolute Gasteiger partial charge is 0.164 e. The molecule has 12 nitrogen and oxygen atoms in total. The highest BCUT2D eigenvalue weighted by molar-refractivity contribution is 6.18. The Kier molecular flexibility index (Phi) is 17.7. The van der Waals surface area contributed by atoms with Gasteiger partial charge in [0.1, 0.15) is 11.2 Å². The molecule has 652 valence electrons. The molecule has 0 radical (unpaired) electrons. The van der Waals surface area contributed by atoms with Gasteiger partial charge in [0.05, 0.1) is 55.5 Å². The summed E-state index contributed by atoms with van der Waals surface area (Å²) in [6.45, 7) is 0. The zero-order valence-corrected chi connectivity index (χ0v) is 75.4. The van der Waals surface area contributed by atoms with Crippen molar-refractivity contribution >= 4 is 131 Å². The van der Waals surface area contributed by atoms with E-state index >= 15 is 0 Å². The second-order valence-electron chi connectivity index (χ2n) is 36.7. The van der Waals surface area contributed by atoms with Gasteiger partial charge in [0, 0.05) is 109 Å². The van der Waals surface area contributed by atoms with Crippen LogP contribution in [0.5, 0.6) is 0 Å². The molecule has 0 bridgehead atoms. The van der Waals surface area contributed by atoms with Crippen molar-refractivity contribution in [2.75, 3.05) is 0 Å². The van der Waals surface area contributed by atoms with Crippen LogP contribution in [0, 0.1) is 0 Å². The maximum atomic E-state index is 6.57. The number of nitrogens with zero attached hydrogens (tertiary/aromatic N) is 10. The number of fused-ring (bicyclic) bond motifs is 24. The van der Waals surface area contributed by atoms with Crippen LogP contribution in [0.25, 0.3) is 267 Å². The summed E-state index contributed by atoms with van der Waals surface area (Å²) in [7, 11) is 0. The van der Waals surface area contributed by atoms with Crippen molar-refractivity contribution < 1.29 is 8.83 Å². The molecule has 0 saturated heterocycles. The Morgan fingerprint density at radius 1 is 0.164 bits per heavy atom. The molecule has 8 heterocycles. The minimum Gasteiger partial charge on any atom is -0.454 e. The van der Waals surface area contributed by atoms with E-state index in [0.717, 1.165) is 135 Å². The molecule has 0 aliphatic heterocycles. The predicted molar refractivity (Wildman–Crippen MR) is 572 cm³/mol. The molecule has 0 atom stereocenters. The van der Waals surface area contributed by atoms with E-state index in [1.165, 1.54) is 132 Å². The van der Waals surface area contributed by atoms with Gasteiger partial charge in [-0.1, -0.05) is 315 Å². The molecule has 20 aromatic carbocycles. The maximum Gasteiger partial charge on any atom is 0.164 e. The van der Waals surface area contributed by atoms with Crippen LogP contribution >= 0.6 is 0 Å². The van der Waals surface area contributed by atoms with Gasteiger partial charge in [-0.25, -0.2) is 29.9 Å². The second-order valence-corrected chi connectivity index (χ2v) is 36.7. The van der Waals surface area contributed by atoms with Crippen molar-refractivity contribution in [2.24, 2.45) is 0 Å². The van der Waals surface area contributed by atoms with Crippen molar-refractivity contribution in [3.8, 4) is 136 Å². The molecule has 0 spiro atoms. The summed E-state index contributed by atoms with van der Waals surface area (Å²) in [6.07, 6.45) is 1.75. The van der Waals surface area contributed by atoms with Crippen LogP contribution in [-0.4, -0.2) is 48.2 Å². The number of rotatable bonds is 12. The van der Waals surface area contributed by atoms with Crippen molar-refractivity contribution in [3.63, 3.8) is 0 Å². The molecule has 0 amide bonds. The lowest BCUT2D eigenvalue weighted by Crippen LogP contribution is -2.00. The van der Waals surface area contributed by atoms with E-state index in [9.17, 15) is 0 Å². The first-order valence-electron chi connectivity index (χ1n) is 47.6. The standard InChI is InChI=1S/2C64H39N5O/c2*1-3-14-39(15-4-1)62-65-63(40-16-5-2-6-17-40)67-64(66-62)45-27-26-43-34-44-28-31-46(38-52(44)51(43)37-45)68-55-22-10-7-18-47(55)53-35-41(29-32-57(53)68)42-30-33-58-54(36-42)48-19-8-11-23-56(48)69(58)59-24-13-21-50-49-20-9-12-25-60(49)70-61(50)59/h2*1-33,35-38H,34H2. The van der Waals surface area contributed by atoms with E-state index in [-0.39, 0.29) is 0 Å². The van der Waals surface area contributed by atoms with E-state index in [1.54, 1.807) is 0 Å². The van der Waals surface area contributed by atoms with Crippen molar-refractivity contribution in [2.45, 2.75) is 12.8 Å². The molecule has 28 aromatic rings. The maximum absolute atomic E-state index is 6.57. The molecule has 8 aromatic heterocycles. The first kappa shape index (κ1) is 78.7. The fourth-order valence-electron chi connectivity index (χ4n) is 22.2. The number of hydrogen-bond acceptors (Lipinski definition) is 8. The third-order valence-corrected chi connectivity index (χ3v) is 28.8. The first-order chi connectivity index (χ1) is 69.4. The first-order valence-corrected chi connectivity index (χ1v) is 47.6. The van der Waals surface area contributed by atoms with E-state index in [4.69, 9.17) is 38.7 Å². The number of para-hydroxylation sites is 8. The Labute approximate surface area is 802 Å². The highest BCUT2D eigenvalue weighted by atomic mass is 16.3. The Morgan fingerprint density at radius 3 is 0.750 bits per heavy atom. The summed E-state index contributed by atoms with van der Waals surface area (Å²) in [5.74, 6) is 3.94. The quantitative estimate of drug-likeness (QED) is 0.118. The van der Waals surface area contributed by atoms with Crippen LogP contribution < -0.4 is 0 Å². The average molecular weight is 1790 g/mol. The van der Waals surface area contributed by atoms with Gasteiger partial charge in [-0.05, 0) is 213 Å². The Hall–Kier alpha value is -18.8. The molecule has 2 aliphatic carbocycles. The van der Waals surface area contributed by atoms with Gasteiger partial charge in [-0.15, -0.1) is 0 Å². The van der Waals surface area contributed by atoms with Gasteiger partial charge in [0.25, 0.3) is 0 Å². The molecule has 2 aliphatic rings. The van der Waals surface area contributed by atoms with Crippen LogP contribution in [0.4, 0.5) is 0 Å². The van der Waals surface area contributed by atoms with Gasteiger partial charge >= 0.3 is 0 Å². The lowest BCUT2D eigenvalue weighted by Gasteiger charge is -2.12. The zero-order chi connectivity index (χ0) is 91.7. The minimum absolute atomic E-state index is 0.656. The third-order valence-electron chi connectivity index (χ3n) is 28.8. The lowest BCUT2D eigenvalue weighted by atomic mass is 10.0. The van der Waals surface area contributed by atoms with Gasteiger partial charge in [0.2, 0.25) is 0 Å². The fourth-order valence-corrected chi connectivity index (χ4v) is 22.2. The monoisotopic (exact) mass is 1790 g/mol. The van der Waals surface area contributed by atoms with E-state index in [0.29, 0.717) is 34.9 Å². The molecule has 0 unspecified atom stereocenters. The van der Waals surface area contributed by atoms with Gasteiger partial charge in [-0.2, -0.15) is 0 Å². The average Bonchev–Trinajstić information content (AvgIpc) is 1.54. The van der Waals surface area contributed by atoms with Crippen LogP contribution in [0.2, 0.25) is 0 Å². The molecular formula is C128H78N10O2. The molecule has 140 heavy (non-hydrogen) atoms. The van der Waals surface area contributed by atoms with Gasteiger partial charge in [0.15, 0.2) is 46.1 Å². The van der Waals surface area contributed by atoms with Crippen LogP contribution in [0.3, 0.4) is 0 Å². The summed E-state index contributed by atoms with van der Waals surface area (Å²) >= 11 is 0. The third kappa shape index (κ3) is 12.6. The summed E-state index contributed by atoms with van der Waals surface area (Å²) in [5.41, 5.74) is 37.7. The van der Waals surface area contributed by atoms with Crippen molar-refractivity contribution in [3.05, 3.63) is 471 Å². The summed E-state index contributed by atoms with van der Waals surface area (Å²) in [5, 5.41) is 14.2. The van der Waals surface area contributed by atoms with Gasteiger partial charge < -0.3 is 27.1 Å². The van der Waals surface area contributed by atoms with Crippen molar-refractivity contribution in [1.82, 2.24) is 48.2 Å². The minimum atomic E-state index is 0.656. The summed E-state index contributed by atoms with van der Waals surface area (Å²) in [4.78, 5) is 30.1. The predicted octanol–water partition coefficient (Wildman–Crippen LogP) is 32.4. The zero-order valence-electron chi connectivity index (χ0n) is 75.4. The summed E-state index contributed by atoms with van der Waals surface area (Å²) in [6, 6.07) is 160. The number of furan rings is 2. The van der Waals surface area contributed by atoms with E-state index in [1.807, 2.05) is 84.9 Å². The second kappa shape index (κ2) is 31.4. The Bertz CT molecular complexity index is 9350. The lowest BCUT2D eigenvalue weighted by molar-refractivity contribution is 0.666. The van der Waals surface area contributed by atoms with Crippen LogP contribution in [0.1, 0.15) is 22.3 Å². The fraction of sp³-hybridized carbons (Fsp3) is 0.0156. The highest BCUT2D eigenvalue weighted by Crippen LogP contribution is 2.49. The largest absolute Gasteiger partial charge is 0.454 e. The highest BCUT2D eigenvalue weighted by Gasteiger charge is 2.29. The molecule has 30 rings (SSSR count). The molecule has 0 fully saturated rings. The normalized spacial score (nSPS) is 12.2. The number of hydrogen-bond donors (Lipinski definition) is 0. The number of aromatic nitrogens is 10. The Balaban J connectivity index is 0.000000134. The van der Waals surface area contributed by atoms with Crippen LogP contribution in [-0.2, 0) is 12.8 Å². The SMILES string of the molecule is c1ccc(-c2nc(-c3ccccc3)nc(-c3ccc4c(c3)-c3cc(-n5c6ccccc6c6cc(-c7ccc8c(c7)c7ccccc7n8-c7cccc8c7oc7ccccc78)ccc65)ccc3C4)n2)cc1.c1ccc(-c2nc(-c3ccccc3)nc(-c3ccc4c(c3)-c3cc(-n5c6ccccc6c6cc(-c7ccc8c(c7)c7ccccc7n8-c7cccc8c7oc7ccccc78)ccc65)ccc3C4)n2)cc1. The summed E-state index contributed by atoms with van der Waals surface area (Å²) < 4.78 is 22.7. The molecular weight excluding hydrogens is 1710 g/mol. The van der Waals surface area contributed by atoms with E-state index < -0.39 is 0 Å². The molecule has 0 saturated carbocycles.